The number of hydrogen-bond acceptors (Lipinski definition) is 6. The first-order valence-corrected chi connectivity index (χ1v) is 10.8. The molecule has 3 aromatic rings. The minimum atomic E-state index is -1.30. The number of imide groups is 1. The lowest BCUT2D eigenvalue weighted by atomic mass is 9.48. The Balaban J connectivity index is 1.60. The summed E-state index contributed by atoms with van der Waals surface area (Å²) in [7, 11) is 1.32. The van der Waals surface area contributed by atoms with Crippen LogP contribution in [0.4, 0.5) is 11.4 Å². The monoisotopic (exact) mass is 454 g/mol. The highest BCUT2D eigenvalue weighted by atomic mass is 16.6. The first kappa shape index (κ1) is 20.3. The molecule has 1 heterocycles. The maximum absolute atomic E-state index is 14.0. The van der Waals surface area contributed by atoms with E-state index in [0.717, 1.165) is 33.4 Å². The Morgan fingerprint density at radius 2 is 1.59 bits per heavy atom. The van der Waals surface area contributed by atoms with Gasteiger partial charge in [-0.1, -0.05) is 48.5 Å². The zero-order valence-electron chi connectivity index (χ0n) is 18.0. The molecule has 0 radical (unpaired) electrons. The number of carbonyl (C=O) groups excluding carboxylic acids is 3. The Kier molecular flexibility index (Phi) is 4.08. The van der Waals surface area contributed by atoms with Crippen LogP contribution < -0.4 is 9.64 Å². The van der Waals surface area contributed by atoms with Crippen LogP contribution in [-0.2, 0) is 19.8 Å². The normalized spacial score (nSPS) is 26.0. The third-order valence-corrected chi connectivity index (χ3v) is 7.48. The fraction of sp³-hybridized carbons (Fsp3) is 0.192. The molecule has 3 aliphatic carbocycles. The summed E-state index contributed by atoms with van der Waals surface area (Å²) in [6.45, 7) is 0. The Bertz CT molecular complexity index is 1380. The van der Waals surface area contributed by atoms with E-state index >= 15 is 0 Å². The van der Waals surface area contributed by atoms with E-state index in [4.69, 9.17) is 4.74 Å². The van der Waals surface area contributed by atoms with Crippen molar-refractivity contribution < 1.29 is 24.0 Å². The Morgan fingerprint density at radius 1 is 0.971 bits per heavy atom. The number of carbonyl (C=O) groups is 3. The topological polar surface area (TPSA) is 107 Å². The minimum absolute atomic E-state index is 0.0390. The third-order valence-electron chi connectivity index (χ3n) is 7.48. The lowest BCUT2D eigenvalue weighted by Gasteiger charge is -2.51. The van der Waals surface area contributed by atoms with Gasteiger partial charge in [-0.25, -0.2) is 4.90 Å². The molecular weight excluding hydrogens is 436 g/mol. The predicted octanol–water partition coefficient (Wildman–Crippen LogP) is 3.35. The standard InChI is InChI=1S/C26H18N2O6/c1-34-20-12-14(28(32)33)10-11-19(20)27-24(30)22-21-15-6-2-4-8-17(15)26(13-29,23(22)25(27)31)18-9-5-3-7-16(18)21/h2-13,21-23H,1H3/t21?,22-,23-,26?/m0/s1. The molecule has 8 heteroatoms. The molecule has 168 valence electrons. The number of nitro benzene ring substituents is 1. The number of hydrogen-bond donors (Lipinski definition) is 0. The van der Waals surface area contributed by atoms with E-state index in [0.29, 0.717) is 0 Å². The van der Waals surface area contributed by atoms with Crippen LogP contribution in [0.25, 0.3) is 0 Å². The lowest BCUT2D eigenvalue weighted by molar-refractivity contribution is -0.384. The predicted molar refractivity (Wildman–Crippen MR) is 121 cm³/mol. The minimum Gasteiger partial charge on any atom is -0.494 e. The molecule has 2 amide bonds. The van der Waals surface area contributed by atoms with Crippen molar-refractivity contribution in [3.8, 4) is 5.75 Å². The van der Waals surface area contributed by atoms with E-state index in [1.807, 2.05) is 48.5 Å². The number of methoxy groups -OCH3 is 1. The summed E-state index contributed by atoms with van der Waals surface area (Å²) in [5.41, 5.74) is 1.83. The van der Waals surface area contributed by atoms with Gasteiger partial charge in [0.25, 0.3) is 5.69 Å². The van der Waals surface area contributed by atoms with Crippen LogP contribution in [-0.4, -0.2) is 30.1 Å². The molecule has 1 fully saturated rings. The summed E-state index contributed by atoms with van der Waals surface area (Å²) in [6.07, 6.45) is 0.805. The Hall–Kier alpha value is -4.33. The van der Waals surface area contributed by atoms with Gasteiger partial charge in [0.15, 0.2) is 0 Å². The van der Waals surface area contributed by atoms with E-state index < -0.39 is 34.0 Å². The molecule has 0 aromatic heterocycles. The quantitative estimate of drug-likeness (QED) is 0.259. The van der Waals surface area contributed by atoms with Crippen LogP contribution in [0.1, 0.15) is 28.2 Å². The van der Waals surface area contributed by atoms with Gasteiger partial charge in [-0.15, -0.1) is 0 Å². The number of anilines is 1. The summed E-state index contributed by atoms with van der Waals surface area (Å²) in [6, 6.07) is 18.7. The molecule has 4 aliphatic rings. The van der Waals surface area contributed by atoms with Gasteiger partial charge in [-0.05, 0) is 28.3 Å². The smallest absolute Gasteiger partial charge is 0.273 e. The van der Waals surface area contributed by atoms with Crippen LogP contribution in [0.5, 0.6) is 5.75 Å². The number of nitro groups is 1. The summed E-state index contributed by atoms with van der Waals surface area (Å²) in [4.78, 5) is 52.5. The number of nitrogens with zero attached hydrogens (tertiary/aromatic N) is 2. The van der Waals surface area contributed by atoms with Crippen LogP contribution in [0.15, 0.2) is 66.7 Å². The van der Waals surface area contributed by atoms with Crippen molar-refractivity contribution in [2.75, 3.05) is 12.0 Å². The van der Waals surface area contributed by atoms with Crippen LogP contribution in [0.2, 0.25) is 0 Å². The molecule has 0 saturated carbocycles. The molecule has 2 bridgehead atoms. The second kappa shape index (κ2) is 6.84. The van der Waals surface area contributed by atoms with Crippen molar-refractivity contribution >= 4 is 29.5 Å². The maximum Gasteiger partial charge on any atom is 0.273 e. The fourth-order valence-electron chi connectivity index (χ4n) is 6.23. The van der Waals surface area contributed by atoms with E-state index in [2.05, 4.69) is 0 Å². The molecule has 1 saturated heterocycles. The molecule has 34 heavy (non-hydrogen) atoms. The molecule has 7 rings (SSSR count). The van der Waals surface area contributed by atoms with E-state index in [1.54, 1.807) is 0 Å². The largest absolute Gasteiger partial charge is 0.494 e. The van der Waals surface area contributed by atoms with Gasteiger partial charge in [-0.2, -0.15) is 0 Å². The molecule has 0 spiro atoms. The SMILES string of the molecule is COc1cc([N+](=O)[O-])ccc1N1C(=O)[C@@H]2[C@@H](C1=O)C1c3ccccc3C2(C=O)c2ccccc21. The molecule has 3 aromatic carbocycles. The summed E-state index contributed by atoms with van der Waals surface area (Å²) < 4.78 is 5.32. The molecule has 0 unspecified atom stereocenters. The van der Waals surface area contributed by atoms with Gasteiger partial charge in [-0.3, -0.25) is 19.7 Å². The average Bonchev–Trinajstić information content (AvgIpc) is 3.14. The zero-order chi connectivity index (χ0) is 23.8. The molecular formula is C26H18N2O6. The van der Waals surface area contributed by atoms with Crippen molar-refractivity contribution in [2.24, 2.45) is 11.8 Å². The second-order valence-corrected chi connectivity index (χ2v) is 8.77. The highest BCUT2D eigenvalue weighted by molar-refractivity contribution is 6.25. The highest BCUT2D eigenvalue weighted by Gasteiger charge is 2.68. The fourth-order valence-corrected chi connectivity index (χ4v) is 6.23. The average molecular weight is 454 g/mol. The van der Waals surface area contributed by atoms with Gasteiger partial charge in [0.05, 0.1) is 41.0 Å². The summed E-state index contributed by atoms with van der Waals surface area (Å²) >= 11 is 0. The third kappa shape index (κ3) is 2.24. The van der Waals surface area contributed by atoms with Crippen molar-refractivity contribution in [3.05, 3.63) is 99.1 Å². The summed E-state index contributed by atoms with van der Waals surface area (Å²) in [5, 5.41) is 11.2. The number of non-ortho nitro benzene ring substituents is 1. The zero-order valence-corrected chi connectivity index (χ0v) is 18.0. The lowest BCUT2D eigenvalue weighted by Crippen LogP contribution is -2.54. The van der Waals surface area contributed by atoms with E-state index in [9.17, 15) is 24.5 Å². The van der Waals surface area contributed by atoms with Crippen LogP contribution in [0.3, 0.4) is 0 Å². The van der Waals surface area contributed by atoms with Crippen molar-refractivity contribution in [2.45, 2.75) is 11.3 Å². The first-order valence-electron chi connectivity index (χ1n) is 10.8. The number of amides is 2. The van der Waals surface area contributed by atoms with E-state index in [1.165, 1.54) is 25.3 Å². The van der Waals surface area contributed by atoms with Gasteiger partial charge < -0.3 is 9.53 Å². The highest BCUT2D eigenvalue weighted by Crippen LogP contribution is 2.63. The van der Waals surface area contributed by atoms with Crippen LogP contribution >= 0.6 is 0 Å². The molecule has 8 nitrogen and oxygen atoms in total. The van der Waals surface area contributed by atoms with Gasteiger partial charge in [0.2, 0.25) is 11.8 Å². The van der Waals surface area contributed by atoms with Gasteiger partial charge >= 0.3 is 0 Å². The van der Waals surface area contributed by atoms with Gasteiger partial charge in [0, 0.05) is 12.0 Å². The molecule has 2 atom stereocenters. The first-order chi connectivity index (χ1) is 16.5. The number of aldehydes is 1. The van der Waals surface area contributed by atoms with Crippen molar-refractivity contribution in [3.63, 3.8) is 0 Å². The Labute approximate surface area is 193 Å². The second-order valence-electron chi connectivity index (χ2n) is 8.77. The van der Waals surface area contributed by atoms with E-state index in [-0.39, 0.29) is 23.0 Å². The summed E-state index contributed by atoms with van der Waals surface area (Å²) in [5.74, 6) is -3.00. The number of ether oxygens (including phenoxy) is 1. The van der Waals surface area contributed by atoms with Crippen molar-refractivity contribution in [1.82, 2.24) is 0 Å². The van der Waals surface area contributed by atoms with Gasteiger partial charge in [0.1, 0.15) is 12.0 Å². The van der Waals surface area contributed by atoms with Crippen LogP contribution in [0, 0.1) is 22.0 Å². The Morgan fingerprint density at radius 3 is 2.15 bits per heavy atom. The molecule has 0 N–H and O–H groups in total. The number of benzene rings is 3. The van der Waals surface area contributed by atoms with Crippen molar-refractivity contribution in [1.29, 1.82) is 0 Å². The maximum atomic E-state index is 14.0. The molecule has 1 aliphatic heterocycles. The number of rotatable bonds is 4.